The molecule has 9 nitrogen and oxygen atoms in total. The van der Waals surface area contributed by atoms with Gasteiger partial charge in [0, 0.05) is 17.9 Å². The maximum Gasteiger partial charge on any atom is 0.341 e. The number of anilines is 2. The number of carbonyl (C=O) groups is 2. The molecule has 0 spiro atoms. The van der Waals surface area contributed by atoms with Crippen molar-refractivity contribution in [2.75, 3.05) is 23.2 Å². The van der Waals surface area contributed by atoms with E-state index < -0.39 is 28.6 Å². The number of nitrogens with one attached hydrogen (secondary N) is 3. The number of carbonyl (C=O) groups excluding carboxylic acids is 1. The van der Waals surface area contributed by atoms with Gasteiger partial charge in [-0.15, -0.1) is 6.58 Å². The number of rotatable bonds is 9. The number of amides is 2. The van der Waals surface area contributed by atoms with Crippen molar-refractivity contribution in [2.24, 2.45) is 0 Å². The lowest BCUT2D eigenvalue weighted by atomic mass is 10.3. The van der Waals surface area contributed by atoms with Gasteiger partial charge in [-0.05, 0) is 42.5 Å². The molecule has 0 bridgehead atoms. The van der Waals surface area contributed by atoms with E-state index in [0.29, 0.717) is 12.2 Å². The molecule has 0 aliphatic heterocycles. The summed E-state index contributed by atoms with van der Waals surface area (Å²) in [5.41, 5.74) is 0.738. The van der Waals surface area contributed by atoms with E-state index in [-0.39, 0.29) is 21.4 Å². The number of hydrogen-bond acceptors (Lipinski definition) is 5. The van der Waals surface area contributed by atoms with Crippen molar-refractivity contribution >= 4 is 45.0 Å². The van der Waals surface area contributed by atoms with Gasteiger partial charge in [0.1, 0.15) is 5.75 Å². The zero-order valence-electron chi connectivity index (χ0n) is 15.0. The van der Waals surface area contributed by atoms with Crippen LogP contribution in [0.5, 0.6) is 5.75 Å². The van der Waals surface area contributed by atoms with Crippen molar-refractivity contribution in [3.63, 3.8) is 0 Å². The van der Waals surface area contributed by atoms with Crippen molar-refractivity contribution in [1.29, 1.82) is 0 Å². The van der Waals surface area contributed by atoms with Crippen molar-refractivity contribution < 1.29 is 27.9 Å². The van der Waals surface area contributed by atoms with Crippen LogP contribution in [0.4, 0.5) is 16.2 Å². The van der Waals surface area contributed by atoms with Gasteiger partial charge in [-0.3, -0.25) is 4.72 Å². The SMILES string of the molecule is C=CCNC(=O)Nc1ccc(NS(=O)(=O)c2ccc(OCC(=O)O)c(Cl)c2)cc1. The number of benzene rings is 2. The normalized spacial score (nSPS) is 10.7. The average molecular weight is 440 g/mol. The molecule has 0 aromatic heterocycles. The van der Waals surface area contributed by atoms with Crippen LogP contribution < -0.4 is 20.1 Å². The van der Waals surface area contributed by atoms with Gasteiger partial charge in [0.2, 0.25) is 0 Å². The van der Waals surface area contributed by atoms with Gasteiger partial charge in [-0.1, -0.05) is 17.7 Å². The van der Waals surface area contributed by atoms with Crippen LogP contribution in [0.2, 0.25) is 5.02 Å². The Labute approximate surface area is 172 Å². The molecule has 0 fully saturated rings. The molecule has 0 radical (unpaired) electrons. The van der Waals surface area contributed by atoms with Gasteiger partial charge in [0.25, 0.3) is 10.0 Å². The van der Waals surface area contributed by atoms with E-state index in [1.807, 2.05) is 0 Å². The van der Waals surface area contributed by atoms with Crippen molar-refractivity contribution in [1.82, 2.24) is 5.32 Å². The average Bonchev–Trinajstić information content (AvgIpc) is 2.66. The lowest BCUT2D eigenvalue weighted by Crippen LogP contribution is -2.28. The Morgan fingerprint density at radius 2 is 1.79 bits per heavy atom. The first-order chi connectivity index (χ1) is 13.7. The smallest absolute Gasteiger partial charge is 0.341 e. The van der Waals surface area contributed by atoms with Crippen LogP contribution in [0.15, 0.2) is 60.0 Å². The number of sulfonamides is 1. The minimum absolute atomic E-state index is 0.0424. The Kier molecular flexibility index (Phi) is 7.46. The zero-order valence-corrected chi connectivity index (χ0v) is 16.6. The largest absolute Gasteiger partial charge is 0.480 e. The summed E-state index contributed by atoms with van der Waals surface area (Å²) in [5.74, 6) is -1.13. The molecule has 0 heterocycles. The molecular weight excluding hydrogens is 422 g/mol. The predicted molar refractivity (Wildman–Crippen MR) is 109 cm³/mol. The number of carboxylic acid groups (broad SMARTS) is 1. The Morgan fingerprint density at radius 3 is 2.38 bits per heavy atom. The van der Waals surface area contributed by atoms with Crippen LogP contribution in [0.1, 0.15) is 0 Å². The molecule has 0 aliphatic rings. The summed E-state index contributed by atoms with van der Waals surface area (Å²) in [6.45, 7) is 3.20. The fourth-order valence-corrected chi connectivity index (χ4v) is 3.47. The van der Waals surface area contributed by atoms with Crippen molar-refractivity contribution in [3.05, 3.63) is 60.1 Å². The summed E-state index contributed by atoms with van der Waals surface area (Å²) in [6, 6.07) is 9.26. The highest BCUT2D eigenvalue weighted by molar-refractivity contribution is 7.92. The van der Waals surface area contributed by atoms with Gasteiger partial charge in [-0.2, -0.15) is 0 Å². The van der Waals surface area contributed by atoms with E-state index in [2.05, 4.69) is 21.9 Å². The molecule has 0 aliphatic carbocycles. The molecular formula is C18H18ClN3O6S. The third-order valence-corrected chi connectivity index (χ3v) is 5.04. The summed E-state index contributed by atoms with van der Waals surface area (Å²) in [7, 11) is -3.95. The van der Waals surface area contributed by atoms with Crippen molar-refractivity contribution in [2.45, 2.75) is 4.90 Å². The topological polar surface area (TPSA) is 134 Å². The van der Waals surface area contributed by atoms with E-state index >= 15 is 0 Å². The minimum atomic E-state index is -3.95. The van der Waals surface area contributed by atoms with Crippen molar-refractivity contribution in [3.8, 4) is 5.75 Å². The minimum Gasteiger partial charge on any atom is -0.480 e. The lowest BCUT2D eigenvalue weighted by Gasteiger charge is -2.11. The number of carboxylic acids is 1. The van der Waals surface area contributed by atoms with Crippen LogP contribution in [-0.4, -0.2) is 38.7 Å². The molecule has 0 saturated carbocycles. The van der Waals surface area contributed by atoms with Crippen LogP contribution in [-0.2, 0) is 14.8 Å². The van der Waals surface area contributed by atoms with Gasteiger partial charge in [0.15, 0.2) is 6.61 Å². The lowest BCUT2D eigenvalue weighted by molar-refractivity contribution is -0.139. The van der Waals surface area contributed by atoms with Crippen LogP contribution >= 0.6 is 11.6 Å². The second kappa shape index (κ2) is 9.80. The summed E-state index contributed by atoms with van der Waals surface area (Å²) in [6.07, 6.45) is 1.54. The maximum atomic E-state index is 12.5. The second-order valence-corrected chi connectivity index (χ2v) is 7.67. The van der Waals surface area contributed by atoms with E-state index in [0.717, 1.165) is 6.07 Å². The Hall–Kier alpha value is -3.24. The highest BCUT2D eigenvalue weighted by Gasteiger charge is 2.17. The fraction of sp³-hybridized carbons (Fsp3) is 0.111. The fourth-order valence-electron chi connectivity index (χ4n) is 2.08. The number of urea groups is 1. The summed E-state index contributed by atoms with van der Waals surface area (Å²) < 4.78 is 32.4. The van der Waals surface area contributed by atoms with E-state index in [1.54, 1.807) is 0 Å². The molecule has 154 valence electrons. The Balaban J connectivity index is 2.06. The molecule has 0 unspecified atom stereocenters. The van der Waals surface area contributed by atoms with Crippen LogP contribution in [0.25, 0.3) is 0 Å². The highest BCUT2D eigenvalue weighted by atomic mass is 35.5. The molecule has 2 aromatic rings. The van der Waals surface area contributed by atoms with Gasteiger partial charge in [-0.25, -0.2) is 18.0 Å². The zero-order chi connectivity index (χ0) is 21.4. The van der Waals surface area contributed by atoms with Crippen LogP contribution in [0, 0.1) is 0 Å². The van der Waals surface area contributed by atoms with E-state index in [4.69, 9.17) is 21.4 Å². The highest BCUT2D eigenvalue weighted by Crippen LogP contribution is 2.28. The molecule has 0 atom stereocenters. The first kappa shape index (κ1) is 22.1. The third-order valence-electron chi connectivity index (χ3n) is 3.37. The Bertz CT molecular complexity index is 1010. The first-order valence-electron chi connectivity index (χ1n) is 8.14. The third kappa shape index (κ3) is 6.70. The number of hydrogen-bond donors (Lipinski definition) is 4. The first-order valence-corrected chi connectivity index (χ1v) is 10.00. The molecule has 2 aromatic carbocycles. The molecule has 2 amide bonds. The van der Waals surface area contributed by atoms with Gasteiger partial charge in [0.05, 0.1) is 9.92 Å². The predicted octanol–water partition coefficient (Wildman–Crippen LogP) is 2.91. The van der Waals surface area contributed by atoms with Gasteiger partial charge < -0.3 is 20.5 Å². The molecule has 2 rings (SSSR count). The Morgan fingerprint density at radius 1 is 1.14 bits per heavy atom. The van der Waals surface area contributed by atoms with Gasteiger partial charge >= 0.3 is 12.0 Å². The molecule has 11 heteroatoms. The summed E-state index contributed by atoms with van der Waals surface area (Å²) in [4.78, 5) is 22.0. The van der Waals surface area contributed by atoms with E-state index in [9.17, 15) is 18.0 Å². The standard InChI is InChI=1S/C18H18ClN3O6S/c1-2-9-20-18(25)21-12-3-5-13(6-4-12)22-29(26,27)14-7-8-16(15(19)10-14)28-11-17(23)24/h2-8,10,22H,1,9,11H2,(H,23,24)(H2,20,21,25). The summed E-state index contributed by atoms with van der Waals surface area (Å²) in [5, 5.41) is 13.7. The molecule has 0 saturated heterocycles. The monoisotopic (exact) mass is 439 g/mol. The quantitative estimate of drug-likeness (QED) is 0.444. The second-order valence-electron chi connectivity index (χ2n) is 5.58. The number of ether oxygens (including phenoxy) is 1. The summed E-state index contributed by atoms with van der Waals surface area (Å²) >= 11 is 5.96. The molecule has 29 heavy (non-hydrogen) atoms. The molecule has 4 N–H and O–H groups in total. The maximum absolute atomic E-state index is 12.5. The number of halogens is 1. The van der Waals surface area contributed by atoms with E-state index in [1.165, 1.54) is 42.5 Å². The number of aliphatic carboxylic acids is 1. The van der Waals surface area contributed by atoms with Crippen LogP contribution in [0.3, 0.4) is 0 Å².